The topological polar surface area (TPSA) is 21.3 Å². The summed E-state index contributed by atoms with van der Waals surface area (Å²) in [5, 5.41) is 3.26. The first-order valence-corrected chi connectivity index (χ1v) is 5.76. The Morgan fingerprint density at radius 3 is 2.67 bits per heavy atom. The lowest BCUT2D eigenvalue weighted by molar-refractivity contribution is 0.112. The number of hydrogen-bond donors (Lipinski definition) is 1. The standard InChI is InChI=1S/C13H21NO/c1-2-3-7-10-15-12-14-11-13-8-5-4-6-9-13/h4-6,8-9,14H,2-3,7,10-12H2,1H3. The summed E-state index contributed by atoms with van der Waals surface area (Å²) in [6.45, 7) is 4.61. The van der Waals surface area contributed by atoms with E-state index in [2.05, 4.69) is 36.5 Å². The maximum Gasteiger partial charge on any atom is 0.0967 e. The molecule has 1 N–H and O–H groups in total. The van der Waals surface area contributed by atoms with E-state index in [-0.39, 0.29) is 0 Å². The van der Waals surface area contributed by atoms with Crippen LogP contribution in [0.3, 0.4) is 0 Å². The molecule has 0 radical (unpaired) electrons. The molecule has 0 saturated heterocycles. The average molecular weight is 207 g/mol. The summed E-state index contributed by atoms with van der Waals surface area (Å²) in [6.07, 6.45) is 3.68. The molecule has 0 atom stereocenters. The molecule has 0 aliphatic rings. The molecule has 0 aromatic heterocycles. The Hall–Kier alpha value is -0.860. The van der Waals surface area contributed by atoms with E-state index in [1.807, 2.05) is 6.07 Å². The highest BCUT2D eigenvalue weighted by Crippen LogP contribution is 1.97. The molecule has 0 bridgehead atoms. The van der Waals surface area contributed by atoms with Gasteiger partial charge in [0.1, 0.15) is 0 Å². The molecule has 2 heteroatoms. The van der Waals surface area contributed by atoms with E-state index in [4.69, 9.17) is 4.74 Å². The molecule has 1 rings (SSSR count). The van der Waals surface area contributed by atoms with E-state index in [0.717, 1.165) is 13.2 Å². The van der Waals surface area contributed by atoms with Crippen LogP contribution in [0.5, 0.6) is 0 Å². The second kappa shape index (κ2) is 8.45. The predicted octanol–water partition coefficient (Wildman–Crippen LogP) is 2.94. The Labute approximate surface area is 92.6 Å². The maximum absolute atomic E-state index is 5.45. The van der Waals surface area contributed by atoms with Gasteiger partial charge >= 0.3 is 0 Å². The lowest BCUT2D eigenvalue weighted by Crippen LogP contribution is -2.17. The minimum atomic E-state index is 0.651. The molecule has 0 unspecified atom stereocenters. The van der Waals surface area contributed by atoms with E-state index >= 15 is 0 Å². The van der Waals surface area contributed by atoms with Crippen molar-refractivity contribution in [2.75, 3.05) is 13.3 Å². The Morgan fingerprint density at radius 2 is 1.93 bits per heavy atom. The van der Waals surface area contributed by atoms with Crippen molar-refractivity contribution < 1.29 is 4.74 Å². The highest BCUT2D eigenvalue weighted by atomic mass is 16.5. The van der Waals surface area contributed by atoms with Crippen LogP contribution >= 0.6 is 0 Å². The Kier molecular flexibility index (Phi) is 6.88. The van der Waals surface area contributed by atoms with Crippen LogP contribution in [-0.4, -0.2) is 13.3 Å². The van der Waals surface area contributed by atoms with Crippen LogP contribution in [0, 0.1) is 0 Å². The van der Waals surface area contributed by atoms with Crippen LogP contribution in [0.1, 0.15) is 31.7 Å². The van der Waals surface area contributed by atoms with E-state index in [9.17, 15) is 0 Å². The maximum atomic E-state index is 5.45. The lowest BCUT2D eigenvalue weighted by Gasteiger charge is -2.05. The molecule has 0 heterocycles. The normalized spacial score (nSPS) is 10.5. The number of benzene rings is 1. The Bertz CT molecular complexity index is 236. The zero-order chi connectivity index (χ0) is 10.8. The minimum absolute atomic E-state index is 0.651. The largest absolute Gasteiger partial charge is 0.366 e. The number of nitrogens with one attached hydrogen (secondary N) is 1. The molecule has 0 fully saturated rings. The molecule has 84 valence electrons. The monoisotopic (exact) mass is 207 g/mol. The van der Waals surface area contributed by atoms with Crippen LogP contribution in [-0.2, 0) is 11.3 Å². The third-order valence-electron chi connectivity index (χ3n) is 2.27. The Morgan fingerprint density at radius 1 is 1.13 bits per heavy atom. The molecule has 15 heavy (non-hydrogen) atoms. The quantitative estimate of drug-likeness (QED) is 0.523. The van der Waals surface area contributed by atoms with Crippen LogP contribution in [0.2, 0.25) is 0 Å². The van der Waals surface area contributed by atoms with Crippen molar-refractivity contribution in [1.82, 2.24) is 5.32 Å². The first-order chi connectivity index (χ1) is 7.43. The van der Waals surface area contributed by atoms with E-state index < -0.39 is 0 Å². The summed E-state index contributed by atoms with van der Waals surface area (Å²) < 4.78 is 5.45. The molecule has 0 spiro atoms. The van der Waals surface area contributed by atoms with Crippen molar-refractivity contribution in [3.05, 3.63) is 35.9 Å². The molecule has 0 aliphatic carbocycles. The summed E-state index contributed by atoms with van der Waals surface area (Å²) >= 11 is 0. The number of hydrogen-bond acceptors (Lipinski definition) is 2. The molecule has 1 aromatic rings. The van der Waals surface area contributed by atoms with Crippen molar-refractivity contribution >= 4 is 0 Å². The van der Waals surface area contributed by atoms with Gasteiger partial charge in [-0.15, -0.1) is 0 Å². The fourth-order valence-corrected chi connectivity index (χ4v) is 1.39. The van der Waals surface area contributed by atoms with Crippen molar-refractivity contribution in [2.45, 2.75) is 32.7 Å². The third-order valence-corrected chi connectivity index (χ3v) is 2.27. The van der Waals surface area contributed by atoms with E-state index in [0.29, 0.717) is 6.73 Å². The first-order valence-electron chi connectivity index (χ1n) is 5.76. The first kappa shape index (κ1) is 12.2. The van der Waals surface area contributed by atoms with E-state index in [1.165, 1.54) is 24.8 Å². The summed E-state index contributed by atoms with van der Waals surface area (Å²) in [5.41, 5.74) is 1.30. The lowest BCUT2D eigenvalue weighted by atomic mass is 10.2. The Balaban J connectivity index is 1.93. The third kappa shape index (κ3) is 6.26. The van der Waals surface area contributed by atoms with Gasteiger partial charge in [-0.25, -0.2) is 0 Å². The molecule has 0 saturated carbocycles. The molecular formula is C13H21NO. The molecule has 1 aromatic carbocycles. The van der Waals surface area contributed by atoms with Gasteiger partial charge in [0.2, 0.25) is 0 Å². The number of rotatable bonds is 8. The van der Waals surface area contributed by atoms with Crippen LogP contribution < -0.4 is 5.32 Å². The molecule has 0 aliphatic heterocycles. The summed E-state index contributed by atoms with van der Waals surface area (Å²) in [5.74, 6) is 0. The van der Waals surface area contributed by atoms with Gasteiger partial charge in [0, 0.05) is 13.2 Å². The van der Waals surface area contributed by atoms with Gasteiger partial charge in [-0.3, -0.25) is 5.32 Å². The van der Waals surface area contributed by atoms with Gasteiger partial charge in [0.05, 0.1) is 6.73 Å². The van der Waals surface area contributed by atoms with Crippen LogP contribution in [0.25, 0.3) is 0 Å². The fourth-order valence-electron chi connectivity index (χ4n) is 1.39. The molecule has 0 amide bonds. The van der Waals surface area contributed by atoms with Crippen molar-refractivity contribution in [1.29, 1.82) is 0 Å². The fraction of sp³-hybridized carbons (Fsp3) is 0.538. The second-order valence-electron chi connectivity index (χ2n) is 3.67. The zero-order valence-electron chi connectivity index (χ0n) is 9.54. The van der Waals surface area contributed by atoms with Crippen molar-refractivity contribution in [2.24, 2.45) is 0 Å². The van der Waals surface area contributed by atoms with E-state index in [1.54, 1.807) is 0 Å². The van der Waals surface area contributed by atoms with Gasteiger partial charge in [0.15, 0.2) is 0 Å². The summed E-state index contributed by atoms with van der Waals surface area (Å²) in [4.78, 5) is 0. The smallest absolute Gasteiger partial charge is 0.0967 e. The zero-order valence-corrected chi connectivity index (χ0v) is 9.54. The molecule has 2 nitrogen and oxygen atoms in total. The number of unbranched alkanes of at least 4 members (excludes halogenated alkanes) is 2. The molecular weight excluding hydrogens is 186 g/mol. The number of ether oxygens (including phenoxy) is 1. The summed E-state index contributed by atoms with van der Waals surface area (Å²) in [7, 11) is 0. The second-order valence-corrected chi connectivity index (χ2v) is 3.67. The summed E-state index contributed by atoms with van der Waals surface area (Å²) in [6, 6.07) is 10.4. The van der Waals surface area contributed by atoms with Gasteiger partial charge in [0.25, 0.3) is 0 Å². The highest BCUT2D eigenvalue weighted by molar-refractivity contribution is 5.14. The van der Waals surface area contributed by atoms with Gasteiger partial charge in [-0.1, -0.05) is 50.1 Å². The van der Waals surface area contributed by atoms with Gasteiger partial charge < -0.3 is 4.74 Å². The minimum Gasteiger partial charge on any atom is -0.366 e. The average Bonchev–Trinajstić information content (AvgIpc) is 2.29. The van der Waals surface area contributed by atoms with Crippen molar-refractivity contribution in [3.8, 4) is 0 Å². The van der Waals surface area contributed by atoms with Crippen LogP contribution in [0.15, 0.2) is 30.3 Å². The van der Waals surface area contributed by atoms with Gasteiger partial charge in [-0.05, 0) is 12.0 Å². The van der Waals surface area contributed by atoms with Gasteiger partial charge in [-0.2, -0.15) is 0 Å². The predicted molar refractivity (Wildman–Crippen MR) is 63.6 cm³/mol. The SMILES string of the molecule is CCCCCOCNCc1ccccc1. The highest BCUT2D eigenvalue weighted by Gasteiger charge is 1.90. The van der Waals surface area contributed by atoms with Crippen molar-refractivity contribution in [3.63, 3.8) is 0 Å². The van der Waals surface area contributed by atoms with Crippen LogP contribution in [0.4, 0.5) is 0 Å².